The quantitative estimate of drug-likeness (QED) is 0.726. The van der Waals surface area contributed by atoms with Gasteiger partial charge in [-0.3, -0.25) is 0 Å². The monoisotopic (exact) mass is 261 g/mol. The maximum absolute atomic E-state index is 5.68. The van der Waals surface area contributed by atoms with Crippen LogP contribution in [-0.4, -0.2) is 26.3 Å². The van der Waals surface area contributed by atoms with Crippen LogP contribution in [0.25, 0.3) is 0 Å². The van der Waals surface area contributed by atoms with Crippen LogP contribution in [0.4, 0.5) is 0 Å². The Labute approximate surface area is 117 Å². The third kappa shape index (κ3) is 4.96. The van der Waals surface area contributed by atoms with Crippen molar-refractivity contribution in [3.05, 3.63) is 34.9 Å². The highest BCUT2D eigenvalue weighted by Gasteiger charge is 2.10. The van der Waals surface area contributed by atoms with Crippen molar-refractivity contribution in [3.8, 4) is 0 Å². The topological polar surface area (TPSA) is 21.3 Å². The maximum atomic E-state index is 5.68. The zero-order chi connectivity index (χ0) is 13.5. The largest absolute Gasteiger partial charge is 0.380 e. The number of hydrogen-bond acceptors (Lipinski definition) is 2. The Bertz CT molecular complexity index is 387. The van der Waals surface area contributed by atoms with Crippen LogP contribution in [0.15, 0.2) is 18.2 Å². The molecule has 2 rings (SSSR count). The van der Waals surface area contributed by atoms with Gasteiger partial charge in [-0.1, -0.05) is 32.0 Å². The van der Waals surface area contributed by atoms with Gasteiger partial charge in [-0.25, -0.2) is 0 Å². The van der Waals surface area contributed by atoms with Crippen LogP contribution in [-0.2, 0) is 24.0 Å². The standard InChI is InChI=1S/C17H27NO/c1-14(2)13-18-9-11-19-10-8-15-6-7-16-4-3-5-17(16)12-15/h6-7,12,14,18H,3-5,8-11,13H2,1-2H3. The smallest absolute Gasteiger partial charge is 0.0591 e. The molecule has 106 valence electrons. The Kier molecular flexibility index (Phi) is 5.87. The molecule has 0 radical (unpaired) electrons. The van der Waals surface area contributed by atoms with E-state index in [1.54, 1.807) is 11.1 Å². The molecule has 0 unspecified atom stereocenters. The molecule has 0 fully saturated rings. The van der Waals surface area contributed by atoms with Crippen molar-refractivity contribution in [1.82, 2.24) is 5.32 Å². The van der Waals surface area contributed by atoms with Gasteiger partial charge in [0.15, 0.2) is 0 Å². The van der Waals surface area contributed by atoms with E-state index in [1.165, 1.54) is 24.8 Å². The summed E-state index contributed by atoms with van der Waals surface area (Å²) >= 11 is 0. The van der Waals surface area contributed by atoms with Gasteiger partial charge in [0.1, 0.15) is 0 Å². The molecule has 2 heteroatoms. The van der Waals surface area contributed by atoms with E-state index in [2.05, 4.69) is 37.4 Å². The molecule has 19 heavy (non-hydrogen) atoms. The summed E-state index contributed by atoms with van der Waals surface area (Å²) in [5.41, 5.74) is 4.55. The summed E-state index contributed by atoms with van der Waals surface area (Å²) in [6.45, 7) is 8.14. The molecule has 1 aliphatic rings. The summed E-state index contributed by atoms with van der Waals surface area (Å²) in [6.07, 6.45) is 4.91. The summed E-state index contributed by atoms with van der Waals surface area (Å²) in [5.74, 6) is 0.714. The molecule has 0 amide bonds. The fourth-order valence-electron chi connectivity index (χ4n) is 2.61. The average molecular weight is 261 g/mol. The lowest BCUT2D eigenvalue weighted by molar-refractivity contribution is 0.138. The van der Waals surface area contributed by atoms with Gasteiger partial charge in [0, 0.05) is 6.54 Å². The predicted molar refractivity (Wildman–Crippen MR) is 80.7 cm³/mol. The van der Waals surface area contributed by atoms with Crippen molar-refractivity contribution in [2.45, 2.75) is 39.5 Å². The molecular weight excluding hydrogens is 234 g/mol. The minimum Gasteiger partial charge on any atom is -0.380 e. The number of ether oxygens (including phenoxy) is 1. The highest BCUT2D eigenvalue weighted by molar-refractivity contribution is 5.35. The van der Waals surface area contributed by atoms with Crippen LogP contribution >= 0.6 is 0 Å². The van der Waals surface area contributed by atoms with Crippen LogP contribution in [0.5, 0.6) is 0 Å². The second kappa shape index (κ2) is 7.66. The lowest BCUT2D eigenvalue weighted by Gasteiger charge is -2.08. The molecule has 0 aromatic heterocycles. The molecule has 0 saturated carbocycles. The molecule has 0 heterocycles. The van der Waals surface area contributed by atoms with E-state index in [4.69, 9.17) is 4.74 Å². The predicted octanol–water partition coefficient (Wildman–Crippen LogP) is 2.98. The minimum atomic E-state index is 0.714. The molecule has 0 spiro atoms. The van der Waals surface area contributed by atoms with Gasteiger partial charge in [-0.15, -0.1) is 0 Å². The first-order valence-electron chi connectivity index (χ1n) is 7.65. The number of rotatable bonds is 8. The molecule has 1 aliphatic carbocycles. The SMILES string of the molecule is CC(C)CNCCOCCc1ccc2c(c1)CCC2. The van der Waals surface area contributed by atoms with E-state index >= 15 is 0 Å². The number of nitrogens with one attached hydrogen (secondary N) is 1. The second-order valence-electron chi connectivity index (χ2n) is 5.92. The van der Waals surface area contributed by atoms with E-state index in [9.17, 15) is 0 Å². The van der Waals surface area contributed by atoms with Gasteiger partial charge in [-0.2, -0.15) is 0 Å². The maximum Gasteiger partial charge on any atom is 0.0591 e. The van der Waals surface area contributed by atoms with E-state index in [-0.39, 0.29) is 0 Å². The van der Waals surface area contributed by atoms with Crippen LogP contribution in [0.1, 0.15) is 37.0 Å². The van der Waals surface area contributed by atoms with Gasteiger partial charge in [0.25, 0.3) is 0 Å². The number of hydrogen-bond donors (Lipinski definition) is 1. The van der Waals surface area contributed by atoms with Crippen molar-refractivity contribution in [2.24, 2.45) is 5.92 Å². The lowest BCUT2D eigenvalue weighted by atomic mass is 10.0. The van der Waals surface area contributed by atoms with E-state index in [1.807, 2.05) is 0 Å². The number of aryl methyl sites for hydroxylation is 2. The molecule has 1 N–H and O–H groups in total. The molecule has 1 aromatic carbocycles. The number of fused-ring (bicyclic) bond motifs is 1. The Morgan fingerprint density at radius 2 is 2.00 bits per heavy atom. The Morgan fingerprint density at radius 1 is 1.16 bits per heavy atom. The van der Waals surface area contributed by atoms with Gasteiger partial charge < -0.3 is 10.1 Å². The van der Waals surface area contributed by atoms with Crippen LogP contribution in [0.2, 0.25) is 0 Å². The molecule has 0 atom stereocenters. The van der Waals surface area contributed by atoms with Crippen LogP contribution in [0.3, 0.4) is 0 Å². The van der Waals surface area contributed by atoms with Crippen molar-refractivity contribution in [3.63, 3.8) is 0 Å². The highest BCUT2D eigenvalue weighted by atomic mass is 16.5. The van der Waals surface area contributed by atoms with E-state index in [0.29, 0.717) is 5.92 Å². The normalized spacial score (nSPS) is 14.1. The van der Waals surface area contributed by atoms with Gasteiger partial charge in [0.2, 0.25) is 0 Å². The summed E-state index contributed by atoms with van der Waals surface area (Å²) in [5, 5.41) is 3.39. The lowest BCUT2D eigenvalue weighted by Crippen LogP contribution is -2.24. The Morgan fingerprint density at radius 3 is 2.84 bits per heavy atom. The average Bonchev–Trinajstić information content (AvgIpc) is 2.84. The van der Waals surface area contributed by atoms with Gasteiger partial charge in [0.05, 0.1) is 13.2 Å². The summed E-state index contributed by atoms with van der Waals surface area (Å²) in [4.78, 5) is 0. The fraction of sp³-hybridized carbons (Fsp3) is 0.647. The van der Waals surface area contributed by atoms with Crippen molar-refractivity contribution >= 4 is 0 Å². The first-order chi connectivity index (χ1) is 9.25. The summed E-state index contributed by atoms with van der Waals surface area (Å²) < 4.78 is 5.68. The summed E-state index contributed by atoms with van der Waals surface area (Å²) in [7, 11) is 0. The number of benzene rings is 1. The molecule has 0 aliphatic heterocycles. The third-order valence-corrected chi connectivity index (χ3v) is 3.67. The Balaban J connectivity index is 1.58. The van der Waals surface area contributed by atoms with Crippen molar-refractivity contribution in [2.75, 3.05) is 26.3 Å². The van der Waals surface area contributed by atoms with Gasteiger partial charge in [-0.05, 0) is 54.8 Å². The van der Waals surface area contributed by atoms with Crippen molar-refractivity contribution < 1.29 is 4.74 Å². The van der Waals surface area contributed by atoms with Gasteiger partial charge >= 0.3 is 0 Å². The third-order valence-electron chi connectivity index (χ3n) is 3.67. The zero-order valence-electron chi connectivity index (χ0n) is 12.4. The molecule has 1 aromatic rings. The first kappa shape index (κ1) is 14.5. The Hall–Kier alpha value is -0.860. The molecule has 2 nitrogen and oxygen atoms in total. The highest BCUT2D eigenvalue weighted by Crippen LogP contribution is 2.22. The van der Waals surface area contributed by atoms with Crippen LogP contribution < -0.4 is 5.32 Å². The molecule has 0 saturated heterocycles. The zero-order valence-corrected chi connectivity index (χ0v) is 12.4. The molecular formula is C17H27NO. The fourth-order valence-corrected chi connectivity index (χ4v) is 2.61. The van der Waals surface area contributed by atoms with E-state index < -0.39 is 0 Å². The second-order valence-corrected chi connectivity index (χ2v) is 5.92. The van der Waals surface area contributed by atoms with Crippen molar-refractivity contribution in [1.29, 1.82) is 0 Å². The first-order valence-corrected chi connectivity index (χ1v) is 7.65. The molecule has 0 bridgehead atoms. The van der Waals surface area contributed by atoms with E-state index in [0.717, 1.165) is 32.7 Å². The minimum absolute atomic E-state index is 0.714. The van der Waals surface area contributed by atoms with Crippen LogP contribution in [0, 0.1) is 5.92 Å². The summed E-state index contributed by atoms with van der Waals surface area (Å²) in [6, 6.07) is 6.95.